The van der Waals surface area contributed by atoms with Crippen molar-refractivity contribution in [2.75, 3.05) is 0 Å². The van der Waals surface area contributed by atoms with E-state index in [0.717, 1.165) is 16.7 Å². The van der Waals surface area contributed by atoms with Gasteiger partial charge in [0.2, 0.25) is 0 Å². The van der Waals surface area contributed by atoms with Crippen molar-refractivity contribution in [2.45, 2.75) is 19.7 Å². The van der Waals surface area contributed by atoms with Gasteiger partial charge in [-0.25, -0.2) is 0 Å². The van der Waals surface area contributed by atoms with Crippen LogP contribution in [0.3, 0.4) is 0 Å². The molecule has 0 unspecified atom stereocenters. The van der Waals surface area contributed by atoms with Crippen LogP contribution in [0, 0.1) is 10.1 Å². The van der Waals surface area contributed by atoms with E-state index in [0.29, 0.717) is 13.1 Å². The van der Waals surface area contributed by atoms with E-state index >= 15 is 0 Å². The molecule has 6 heteroatoms. The molecule has 5 nitrogen and oxygen atoms in total. The van der Waals surface area contributed by atoms with E-state index in [-0.39, 0.29) is 17.3 Å². The van der Waals surface area contributed by atoms with Crippen molar-refractivity contribution in [3.05, 3.63) is 74.3 Å². The van der Waals surface area contributed by atoms with Crippen molar-refractivity contribution in [3.8, 4) is 0 Å². The molecule has 0 aromatic heterocycles. The predicted molar refractivity (Wildman–Crippen MR) is 81.0 cm³/mol. The van der Waals surface area contributed by atoms with Gasteiger partial charge in [0.25, 0.3) is 5.69 Å². The summed E-state index contributed by atoms with van der Waals surface area (Å²) < 4.78 is 0. The number of nitrogens with zero attached hydrogens (tertiary/aromatic N) is 1. The summed E-state index contributed by atoms with van der Waals surface area (Å²) in [5.74, 6) is 0. The standard InChI is InChI=1S/C15H15ClN2O3/c16-14-6-5-13(7-15(14)18(20)21)9-17-8-11-1-3-12(10-19)4-2-11/h1-7,17,19H,8-10H2. The fourth-order valence-electron chi connectivity index (χ4n) is 1.92. The van der Waals surface area contributed by atoms with Crippen LogP contribution in [0.1, 0.15) is 16.7 Å². The Balaban J connectivity index is 1.93. The van der Waals surface area contributed by atoms with Gasteiger partial charge in [-0.3, -0.25) is 10.1 Å². The Bertz CT molecular complexity index is 629. The second-order valence-electron chi connectivity index (χ2n) is 4.62. The zero-order chi connectivity index (χ0) is 15.2. The Morgan fingerprint density at radius 3 is 2.24 bits per heavy atom. The summed E-state index contributed by atoms with van der Waals surface area (Å²) >= 11 is 5.77. The summed E-state index contributed by atoms with van der Waals surface area (Å²) in [7, 11) is 0. The molecule has 0 saturated heterocycles. The van der Waals surface area contributed by atoms with Gasteiger partial charge in [0.05, 0.1) is 11.5 Å². The van der Waals surface area contributed by atoms with E-state index in [9.17, 15) is 10.1 Å². The molecule has 0 aliphatic carbocycles. The molecule has 2 N–H and O–H groups in total. The molecule has 0 spiro atoms. The van der Waals surface area contributed by atoms with Crippen molar-refractivity contribution >= 4 is 17.3 Å². The van der Waals surface area contributed by atoms with Gasteiger partial charge in [0, 0.05) is 19.2 Å². The topological polar surface area (TPSA) is 75.4 Å². The third-order valence-electron chi connectivity index (χ3n) is 3.07. The summed E-state index contributed by atoms with van der Waals surface area (Å²) in [5, 5.41) is 23.1. The number of hydrogen-bond donors (Lipinski definition) is 2. The number of rotatable bonds is 6. The first-order chi connectivity index (χ1) is 10.1. The average Bonchev–Trinajstić information content (AvgIpc) is 2.49. The number of aliphatic hydroxyl groups is 1. The van der Waals surface area contributed by atoms with Crippen LogP contribution < -0.4 is 5.32 Å². The highest BCUT2D eigenvalue weighted by molar-refractivity contribution is 6.32. The monoisotopic (exact) mass is 306 g/mol. The molecule has 0 heterocycles. The van der Waals surface area contributed by atoms with E-state index in [1.54, 1.807) is 6.07 Å². The van der Waals surface area contributed by atoms with Crippen molar-refractivity contribution in [3.63, 3.8) is 0 Å². The molecular formula is C15H15ClN2O3. The zero-order valence-electron chi connectivity index (χ0n) is 11.3. The third-order valence-corrected chi connectivity index (χ3v) is 3.39. The molecule has 0 fully saturated rings. The number of nitro benzene ring substituents is 1. The molecule has 0 amide bonds. The lowest BCUT2D eigenvalue weighted by atomic mass is 10.1. The molecule has 2 aromatic rings. The highest BCUT2D eigenvalue weighted by atomic mass is 35.5. The minimum atomic E-state index is -0.487. The van der Waals surface area contributed by atoms with Crippen LogP contribution in [0.15, 0.2) is 42.5 Å². The van der Waals surface area contributed by atoms with Crippen LogP contribution in [0.5, 0.6) is 0 Å². The highest BCUT2D eigenvalue weighted by Gasteiger charge is 2.12. The quantitative estimate of drug-likeness (QED) is 0.635. The smallest absolute Gasteiger partial charge is 0.288 e. The SMILES string of the molecule is O=[N+]([O-])c1cc(CNCc2ccc(CO)cc2)ccc1Cl. The first-order valence-corrected chi connectivity index (χ1v) is 6.80. The van der Waals surface area contributed by atoms with Gasteiger partial charge >= 0.3 is 0 Å². The lowest BCUT2D eigenvalue weighted by molar-refractivity contribution is -0.384. The van der Waals surface area contributed by atoms with Gasteiger partial charge < -0.3 is 10.4 Å². The third kappa shape index (κ3) is 4.26. The molecule has 110 valence electrons. The Hall–Kier alpha value is -1.95. The van der Waals surface area contributed by atoms with Gasteiger partial charge in [0.1, 0.15) is 5.02 Å². The van der Waals surface area contributed by atoms with E-state index < -0.39 is 4.92 Å². The molecule has 0 aliphatic heterocycles. The fraction of sp³-hybridized carbons (Fsp3) is 0.200. The number of aliphatic hydroxyl groups excluding tert-OH is 1. The molecule has 0 aliphatic rings. The molecule has 2 rings (SSSR count). The zero-order valence-corrected chi connectivity index (χ0v) is 12.0. The molecule has 21 heavy (non-hydrogen) atoms. The number of hydrogen-bond acceptors (Lipinski definition) is 4. The molecule has 2 aromatic carbocycles. The molecule has 0 atom stereocenters. The largest absolute Gasteiger partial charge is 0.392 e. The van der Waals surface area contributed by atoms with Gasteiger partial charge in [0.15, 0.2) is 0 Å². The summed E-state index contributed by atoms with van der Waals surface area (Å²) in [4.78, 5) is 10.3. The summed E-state index contributed by atoms with van der Waals surface area (Å²) in [5.41, 5.74) is 2.67. The van der Waals surface area contributed by atoms with Crippen LogP contribution in [0.2, 0.25) is 5.02 Å². The Morgan fingerprint density at radius 2 is 1.62 bits per heavy atom. The Kier molecular flexibility index (Phi) is 5.27. The highest BCUT2D eigenvalue weighted by Crippen LogP contribution is 2.24. The normalized spacial score (nSPS) is 10.6. The first-order valence-electron chi connectivity index (χ1n) is 6.42. The van der Waals surface area contributed by atoms with Crippen LogP contribution in [-0.4, -0.2) is 10.0 Å². The molecule has 0 bridgehead atoms. The minimum Gasteiger partial charge on any atom is -0.392 e. The van der Waals surface area contributed by atoms with Gasteiger partial charge in [-0.2, -0.15) is 0 Å². The van der Waals surface area contributed by atoms with Crippen molar-refractivity contribution < 1.29 is 10.0 Å². The average molecular weight is 307 g/mol. The van der Waals surface area contributed by atoms with Gasteiger partial charge in [-0.15, -0.1) is 0 Å². The van der Waals surface area contributed by atoms with Crippen LogP contribution >= 0.6 is 11.6 Å². The summed E-state index contributed by atoms with van der Waals surface area (Å²) in [6.45, 7) is 1.18. The summed E-state index contributed by atoms with van der Waals surface area (Å²) in [6, 6.07) is 12.4. The van der Waals surface area contributed by atoms with E-state index in [1.807, 2.05) is 24.3 Å². The lowest BCUT2D eigenvalue weighted by Crippen LogP contribution is -2.12. The van der Waals surface area contributed by atoms with Crippen molar-refractivity contribution in [1.29, 1.82) is 0 Å². The first kappa shape index (κ1) is 15.4. The minimum absolute atomic E-state index is 0.0299. The summed E-state index contributed by atoms with van der Waals surface area (Å²) in [6.07, 6.45) is 0. The predicted octanol–water partition coefficient (Wildman–Crippen LogP) is 3.03. The van der Waals surface area contributed by atoms with E-state index in [1.165, 1.54) is 12.1 Å². The second-order valence-corrected chi connectivity index (χ2v) is 5.03. The van der Waals surface area contributed by atoms with Crippen molar-refractivity contribution in [2.24, 2.45) is 0 Å². The second kappa shape index (κ2) is 7.17. The number of benzene rings is 2. The maximum Gasteiger partial charge on any atom is 0.288 e. The van der Waals surface area contributed by atoms with Crippen LogP contribution in [-0.2, 0) is 19.7 Å². The Morgan fingerprint density at radius 1 is 1.05 bits per heavy atom. The molecule has 0 radical (unpaired) electrons. The van der Waals surface area contributed by atoms with Crippen LogP contribution in [0.25, 0.3) is 0 Å². The van der Waals surface area contributed by atoms with E-state index in [4.69, 9.17) is 16.7 Å². The fourth-order valence-corrected chi connectivity index (χ4v) is 2.11. The van der Waals surface area contributed by atoms with Gasteiger partial charge in [-0.05, 0) is 22.8 Å². The van der Waals surface area contributed by atoms with E-state index in [2.05, 4.69) is 5.32 Å². The maximum absolute atomic E-state index is 10.8. The van der Waals surface area contributed by atoms with Gasteiger partial charge in [-0.1, -0.05) is 41.9 Å². The lowest BCUT2D eigenvalue weighted by Gasteiger charge is -2.06. The van der Waals surface area contributed by atoms with Crippen LogP contribution in [0.4, 0.5) is 5.69 Å². The Labute approximate surface area is 127 Å². The number of halogens is 1. The number of nitrogens with one attached hydrogen (secondary N) is 1. The molecule has 0 saturated carbocycles. The molecular weight excluding hydrogens is 292 g/mol. The maximum atomic E-state index is 10.8. The number of nitro groups is 1. The van der Waals surface area contributed by atoms with Crippen molar-refractivity contribution in [1.82, 2.24) is 5.32 Å².